The summed E-state index contributed by atoms with van der Waals surface area (Å²) in [5, 5.41) is 0. The first-order valence-corrected chi connectivity index (χ1v) is 7.04. The third-order valence-electron chi connectivity index (χ3n) is 2.81. The smallest absolute Gasteiger partial charge is 0.266 e. The molecule has 2 amide bonds. The number of carbonyl (C=O) groups excluding carboxylic acids is 2. The third-order valence-corrected chi connectivity index (χ3v) is 3.90. The van der Waals surface area contributed by atoms with Gasteiger partial charge in [0.2, 0.25) is 0 Å². The van der Waals surface area contributed by atoms with Crippen molar-refractivity contribution >= 4 is 23.2 Å². The number of nitrogens with zero attached hydrogens (tertiary/aromatic N) is 1. The highest BCUT2D eigenvalue weighted by atomic mass is 32.1. The van der Waals surface area contributed by atoms with Gasteiger partial charge in [-0.25, -0.2) is 0 Å². The Bertz CT molecular complexity index is 623. The average molecular weight is 289 g/mol. The van der Waals surface area contributed by atoms with E-state index in [-0.39, 0.29) is 11.6 Å². The quantitative estimate of drug-likeness (QED) is 0.850. The maximum Gasteiger partial charge on any atom is 0.288 e. The Morgan fingerprint density at radius 1 is 1.25 bits per heavy atom. The van der Waals surface area contributed by atoms with Crippen LogP contribution in [0.15, 0.2) is 30.5 Å². The molecule has 0 unspecified atom stereocenters. The maximum atomic E-state index is 11.9. The Balaban J connectivity index is 1.97. The van der Waals surface area contributed by atoms with Crippen molar-refractivity contribution in [1.29, 1.82) is 0 Å². The van der Waals surface area contributed by atoms with E-state index >= 15 is 0 Å². The van der Waals surface area contributed by atoms with Crippen molar-refractivity contribution in [2.24, 2.45) is 0 Å². The van der Waals surface area contributed by atoms with Crippen LogP contribution in [0.3, 0.4) is 0 Å². The normalized spacial score (nSPS) is 10.1. The van der Waals surface area contributed by atoms with Gasteiger partial charge in [0.15, 0.2) is 0 Å². The number of amides is 2. The molecule has 0 aliphatic carbocycles. The van der Waals surface area contributed by atoms with Crippen LogP contribution in [0.25, 0.3) is 0 Å². The highest BCUT2D eigenvalue weighted by Crippen LogP contribution is 2.21. The van der Waals surface area contributed by atoms with Crippen LogP contribution in [0.2, 0.25) is 0 Å². The number of pyridine rings is 1. The van der Waals surface area contributed by atoms with Crippen LogP contribution in [-0.4, -0.2) is 16.8 Å². The predicted molar refractivity (Wildman–Crippen MR) is 77.6 cm³/mol. The minimum absolute atomic E-state index is 0.254. The van der Waals surface area contributed by atoms with Crippen LogP contribution in [0.5, 0.6) is 0 Å². The molecule has 5 nitrogen and oxygen atoms in total. The molecule has 2 heterocycles. The molecule has 0 radical (unpaired) electrons. The van der Waals surface area contributed by atoms with Gasteiger partial charge in [-0.05, 0) is 37.1 Å². The lowest BCUT2D eigenvalue weighted by Crippen LogP contribution is -2.41. The van der Waals surface area contributed by atoms with E-state index in [9.17, 15) is 9.59 Å². The lowest BCUT2D eigenvalue weighted by Gasteiger charge is -2.05. The van der Waals surface area contributed by atoms with Gasteiger partial charge < -0.3 is 0 Å². The fourth-order valence-corrected chi connectivity index (χ4v) is 2.73. The van der Waals surface area contributed by atoms with Crippen LogP contribution >= 0.6 is 11.3 Å². The fourth-order valence-electron chi connectivity index (χ4n) is 1.72. The molecular formula is C14H15N3O2S. The lowest BCUT2D eigenvalue weighted by molar-refractivity contribution is 0.0846. The van der Waals surface area contributed by atoms with E-state index in [1.54, 1.807) is 18.2 Å². The van der Waals surface area contributed by atoms with Crippen LogP contribution in [0, 0.1) is 6.92 Å². The third kappa shape index (κ3) is 3.21. The number of hydrazine groups is 1. The second-order valence-electron chi connectivity index (χ2n) is 4.17. The number of hydrogen-bond donors (Lipinski definition) is 2. The van der Waals surface area contributed by atoms with Gasteiger partial charge in [0.25, 0.3) is 11.8 Å². The number of aromatic nitrogens is 1. The fraction of sp³-hybridized carbons (Fsp3) is 0.214. The lowest BCUT2D eigenvalue weighted by atomic mass is 10.2. The molecule has 0 bridgehead atoms. The Kier molecular flexibility index (Phi) is 4.47. The second kappa shape index (κ2) is 6.29. The summed E-state index contributed by atoms with van der Waals surface area (Å²) in [6.07, 6.45) is 2.41. The zero-order valence-corrected chi connectivity index (χ0v) is 12.1. The molecular weight excluding hydrogens is 274 g/mol. The predicted octanol–water partition coefficient (Wildman–Crippen LogP) is 2.09. The van der Waals surface area contributed by atoms with Gasteiger partial charge in [-0.15, -0.1) is 11.3 Å². The van der Waals surface area contributed by atoms with E-state index in [1.807, 2.05) is 19.9 Å². The monoisotopic (exact) mass is 289 g/mol. The summed E-state index contributed by atoms with van der Waals surface area (Å²) in [6, 6.07) is 6.85. The first-order chi connectivity index (χ1) is 9.61. The largest absolute Gasteiger partial charge is 0.288 e. The van der Waals surface area contributed by atoms with E-state index in [4.69, 9.17) is 0 Å². The molecule has 0 saturated heterocycles. The summed E-state index contributed by atoms with van der Waals surface area (Å²) < 4.78 is 0. The number of carbonyl (C=O) groups is 2. The molecule has 104 valence electrons. The molecule has 6 heteroatoms. The molecule has 0 aliphatic heterocycles. The molecule has 2 aromatic rings. The maximum absolute atomic E-state index is 11.9. The van der Waals surface area contributed by atoms with Gasteiger partial charge >= 0.3 is 0 Å². The molecule has 0 spiro atoms. The zero-order chi connectivity index (χ0) is 14.5. The van der Waals surface area contributed by atoms with Crippen molar-refractivity contribution in [3.05, 3.63) is 51.5 Å². The molecule has 2 rings (SSSR count). The number of rotatable bonds is 3. The van der Waals surface area contributed by atoms with Crippen molar-refractivity contribution in [3.63, 3.8) is 0 Å². The summed E-state index contributed by atoms with van der Waals surface area (Å²) in [7, 11) is 0. The molecule has 0 atom stereocenters. The number of hydrogen-bond acceptors (Lipinski definition) is 4. The molecule has 2 N–H and O–H groups in total. The van der Waals surface area contributed by atoms with E-state index in [0.29, 0.717) is 4.88 Å². The van der Waals surface area contributed by atoms with E-state index in [1.165, 1.54) is 17.5 Å². The summed E-state index contributed by atoms with van der Waals surface area (Å²) in [6.45, 7) is 4.02. The first kappa shape index (κ1) is 14.2. The summed E-state index contributed by atoms with van der Waals surface area (Å²) in [5.41, 5.74) is 6.15. The van der Waals surface area contributed by atoms with Crippen LogP contribution in [-0.2, 0) is 6.42 Å². The van der Waals surface area contributed by atoms with E-state index in [2.05, 4.69) is 15.8 Å². The highest BCUT2D eigenvalue weighted by Gasteiger charge is 2.13. The Hall–Kier alpha value is -2.21. The second-order valence-corrected chi connectivity index (χ2v) is 5.43. The van der Waals surface area contributed by atoms with E-state index < -0.39 is 5.91 Å². The van der Waals surface area contributed by atoms with Gasteiger partial charge in [0, 0.05) is 11.1 Å². The summed E-state index contributed by atoms with van der Waals surface area (Å²) in [5.74, 6) is -0.759. The topological polar surface area (TPSA) is 71.1 Å². The number of aryl methyl sites for hydroxylation is 2. The minimum atomic E-state index is -0.442. The van der Waals surface area contributed by atoms with Crippen molar-refractivity contribution in [3.8, 4) is 0 Å². The van der Waals surface area contributed by atoms with Gasteiger partial charge in [-0.1, -0.05) is 13.0 Å². The van der Waals surface area contributed by atoms with Crippen LogP contribution < -0.4 is 10.9 Å². The molecule has 0 aromatic carbocycles. The van der Waals surface area contributed by atoms with Gasteiger partial charge in [-0.2, -0.15) is 0 Å². The summed E-state index contributed by atoms with van der Waals surface area (Å²) >= 11 is 1.42. The van der Waals surface area contributed by atoms with Crippen LogP contribution in [0.4, 0.5) is 0 Å². The average Bonchev–Trinajstić information content (AvgIpc) is 2.86. The highest BCUT2D eigenvalue weighted by molar-refractivity contribution is 7.14. The molecule has 0 saturated carbocycles. The molecule has 0 fully saturated rings. The van der Waals surface area contributed by atoms with Gasteiger partial charge in [-0.3, -0.25) is 25.4 Å². The Morgan fingerprint density at radius 2 is 2.00 bits per heavy atom. The Labute approximate surface area is 121 Å². The first-order valence-electron chi connectivity index (χ1n) is 6.22. The van der Waals surface area contributed by atoms with Crippen molar-refractivity contribution < 1.29 is 9.59 Å². The molecule has 2 aromatic heterocycles. The number of nitrogens with one attached hydrogen (secondary N) is 2. The summed E-state index contributed by atoms with van der Waals surface area (Å²) in [4.78, 5) is 29.3. The number of thiophene rings is 1. The van der Waals surface area contributed by atoms with Crippen molar-refractivity contribution in [2.45, 2.75) is 20.3 Å². The van der Waals surface area contributed by atoms with Gasteiger partial charge in [0.05, 0.1) is 4.88 Å². The van der Waals surface area contributed by atoms with Crippen LogP contribution in [0.1, 0.15) is 37.5 Å². The minimum Gasteiger partial charge on any atom is -0.266 e. The van der Waals surface area contributed by atoms with Gasteiger partial charge in [0.1, 0.15) is 5.69 Å². The molecule has 0 aliphatic rings. The van der Waals surface area contributed by atoms with E-state index in [0.717, 1.165) is 16.9 Å². The standard InChI is InChI=1S/C14H15N3O2S/c1-3-10-8-12(20-9(10)2)14(19)17-16-13(18)11-6-4-5-7-15-11/h4-8H,3H2,1-2H3,(H,16,18)(H,17,19). The van der Waals surface area contributed by atoms with Crippen molar-refractivity contribution in [1.82, 2.24) is 15.8 Å². The van der Waals surface area contributed by atoms with Crippen molar-refractivity contribution in [2.75, 3.05) is 0 Å². The Morgan fingerprint density at radius 3 is 2.60 bits per heavy atom. The zero-order valence-electron chi connectivity index (χ0n) is 11.3. The SMILES string of the molecule is CCc1cc(C(=O)NNC(=O)c2ccccn2)sc1C. The molecule has 20 heavy (non-hydrogen) atoms.